The highest BCUT2D eigenvalue weighted by Gasteiger charge is 2.49. The molecule has 0 amide bonds. The van der Waals surface area contributed by atoms with Crippen molar-refractivity contribution >= 4 is 15.5 Å². The van der Waals surface area contributed by atoms with Gasteiger partial charge in [-0.1, -0.05) is 51.7 Å². The molecular weight excluding hydrogens is 425 g/mol. The molecule has 2 aromatic carbocycles. The van der Waals surface area contributed by atoms with Gasteiger partial charge in [-0.3, -0.25) is 0 Å². The molecule has 0 aromatic heterocycles. The van der Waals surface area contributed by atoms with Gasteiger partial charge < -0.3 is 10.0 Å². The lowest BCUT2D eigenvalue weighted by Crippen LogP contribution is -2.43. The first kappa shape index (κ1) is 24.7. The van der Waals surface area contributed by atoms with Crippen LogP contribution in [0.2, 0.25) is 0 Å². The number of aliphatic hydroxyl groups is 1. The number of sulfone groups is 1. The molecule has 2 aromatic rings. The third kappa shape index (κ3) is 4.86. The van der Waals surface area contributed by atoms with Crippen LogP contribution in [-0.4, -0.2) is 39.5 Å². The van der Waals surface area contributed by atoms with E-state index < -0.39 is 27.3 Å². The zero-order chi connectivity index (χ0) is 23.5. The average Bonchev–Trinajstić information content (AvgIpc) is 2.83. The zero-order valence-corrected chi connectivity index (χ0v) is 20.5. The molecule has 6 heteroatoms. The minimum atomic E-state index is -3.62. The lowest BCUT2D eigenvalue weighted by Gasteiger charge is -2.40. The first-order chi connectivity index (χ1) is 15.1. The van der Waals surface area contributed by atoms with E-state index in [9.17, 15) is 17.9 Å². The Morgan fingerprint density at radius 2 is 1.62 bits per heavy atom. The molecule has 1 heterocycles. The second-order valence-electron chi connectivity index (χ2n) is 9.42. The predicted octanol–water partition coefficient (Wildman–Crippen LogP) is 5.54. The number of halogens is 1. The van der Waals surface area contributed by atoms with Crippen LogP contribution >= 0.6 is 0 Å². The molecule has 0 spiro atoms. The summed E-state index contributed by atoms with van der Waals surface area (Å²) in [6.45, 7) is 4.17. The van der Waals surface area contributed by atoms with Crippen molar-refractivity contribution in [3.05, 3.63) is 59.4 Å². The molecule has 0 unspecified atom stereocenters. The number of unbranched alkanes of at least 4 members (excludes halogenated alkanes) is 2. The number of nitrogens with zero attached hydrogens (tertiary/aromatic N) is 1. The van der Waals surface area contributed by atoms with E-state index in [-0.39, 0.29) is 16.5 Å². The van der Waals surface area contributed by atoms with Gasteiger partial charge in [-0.05, 0) is 54.3 Å². The second-order valence-corrected chi connectivity index (χ2v) is 11.4. The topological polar surface area (TPSA) is 57.6 Å². The second kappa shape index (κ2) is 9.92. The number of hydrogen-bond acceptors (Lipinski definition) is 4. The van der Waals surface area contributed by atoms with E-state index >= 15 is 0 Å². The van der Waals surface area contributed by atoms with Crippen molar-refractivity contribution in [1.82, 2.24) is 0 Å². The minimum absolute atomic E-state index is 0.0623. The van der Waals surface area contributed by atoms with Crippen LogP contribution in [0.15, 0.2) is 47.4 Å². The highest BCUT2D eigenvalue weighted by atomic mass is 32.2. The summed E-state index contributed by atoms with van der Waals surface area (Å²) in [7, 11) is 0.188. The number of aliphatic hydroxyl groups excluding tert-OH is 1. The zero-order valence-electron chi connectivity index (χ0n) is 19.6. The normalized spacial score (nSPS) is 21.6. The molecule has 3 rings (SSSR count). The fourth-order valence-electron chi connectivity index (χ4n) is 5.06. The Morgan fingerprint density at radius 1 is 1.03 bits per heavy atom. The standard InChI is InChI=1S/C26H36FNO3S/c1-5-7-15-26(16-8-6-2)18-32(30,31)23-14-13-21(28(3)4)17-22(23)24(25(26)29)19-9-11-20(27)12-10-19/h9-14,17,24-25,29H,5-8,15-16,18H2,1-4H3/t24-,25-/m1/s1. The Balaban J connectivity index is 2.30. The number of hydrogen-bond donors (Lipinski definition) is 1. The van der Waals surface area contributed by atoms with Crippen LogP contribution < -0.4 is 4.90 Å². The van der Waals surface area contributed by atoms with Crippen molar-refractivity contribution in [2.75, 3.05) is 24.7 Å². The largest absolute Gasteiger partial charge is 0.392 e. The molecule has 0 aliphatic carbocycles. The number of fused-ring (bicyclic) bond motifs is 1. The molecule has 0 fully saturated rings. The summed E-state index contributed by atoms with van der Waals surface area (Å²) >= 11 is 0. The van der Waals surface area contributed by atoms with Crippen molar-refractivity contribution in [3.8, 4) is 0 Å². The van der Waals surface area contributed by atoms with Gasteiger partial charge >= 0.3 is 0 Å². The Kier molecular flexibility index (Phi) is 7.66. The number of benzene rings is 2. The van der Waals surface area contributed by atoms with Gasteiger partial charge in [0.1, 0.15) is 5.82 Å². The van der Waals surface area contributed by atoms with Crippen molar-refractivity contribution in [1.29, 1.82) is 0 Å². The highest BCUT2D eigenvalue weighted by Crippen LogP contribution is 2.50. The molecule has 0 saturated carbocycles. The van der Waals surface area contributed by atoms with E-state index in [0.29, 0.717) is 18.4 Å². The smallest absolute Gasteiger partial charge is 0.179 e. The van der Waals surface area contributed by atoms with Gasteiger partial charge in [0.25, 0.3) is 0 Å². The third-order valence-corrected chi connectivity index (χ3v) is 8.88. The highest BCUT2D eigenvalue weighted by molar-refractivity contribution is 7.91. The average molecular weight is 462 g/mol. The lowest BCUT2D eigenvalue weighted by atomic mass is 9.68. The van der Waals surface area contributed by atoms with Gasteiger partial charge in [0.2, 0.25) is 0 Å². The number of anilines is 1. The fraction of sp³-hybridized carbons (Fsp3) is 0.538. The molecule has 0 saturated heterocycles. The third-order valence-electron chi connectivity index (χ3n) is 6.89. The van der Waals surface area contributed by atoms with Gasteiger partial charge in [0.05, 0.1) is 16.8 Å². The molecule has 1 N–H and O–H groups in total. The van der Waals surface area contributed by atoms with E-state index in [0.717, 1.165) is 36.9 Å². The van der Waals surface area contributed by atoms with Gasteiger partial charge in [-0.25, -0.2) is 12.8 Å². The molecule has 1 aliphatic rings. The van der Waals surface area contributed by atoms with Crippen LogP contribution in [0.5, 0.6) is 0 Å². The van der Waals surface area contributed by atoms with Crippen LogP contribution in [0.3, 0.4) is 0 Å². The van der Waals surface area contributed by atoms with Crippen LogP contribution in [0.25, 0.3) is 0 Å². The van der Waals surface area contributed by atoms with Gasteiger partial charge in [-0.2, -0.15) is 0 Å². The maximum Gasteiger partial charge on any atom is 0.179 e. The Bertz CT molecular complexity index is 1010. The van der Waals surface area contributed by atoms with Crippen LogP contribution in [0.1, 0.15) is 69.4 Å². The summed E-state index contributed by atoms with van der Waals surface area (Å²) in [5.41, 5.74) is 1.46. The molecule has 32 heavy (non-hydrogen) atoms. The van der Waals surface area contributed by atoms with E-state index in [1.54, 1.807) is 18.2 Å². The van der Waals surface area contributed by atoms with E-state index in [4.69, 9.17) is 0 Å². The van der Waals surface area contributed by atoms with Crippen LogP contribution in [0.4, 0.5) is 10.1 Å². The Morgan fingerprint density at radius 3 is 2.16 bits per heavy atom. The molecule has 176 valence electrons. The van der Waals surface area contributed by atoms with Crippen molar-refractivity contribution in [3.63, 3.8) is 0 Å². The predicted molar refractivity (Wildman–Crippen MR) is 129 cm³/mol. The van der Waals surface area contributed by atoms with E-state index in [2.05, 4.69) is 13.8 Å². The molecule has 1 aliphatic heterocycles. The molecular formula is C26H36FNO3S. The summed E-state index contributed by atoms with van der Waals surface area (Å²) in [4.78, 5) is 2.21. The van der Waals surface area contributed by atoms with E-state index in [1.165, 1.54) is 12.1 Å². The SMILES string of the molecule is CCCCC1(CCCC)CS(=O)(=O)c2ccc(N(C)C)cc2[C@@H](c2ccc(F)cc2)[C@H]1O. The van der Waals surface area contributed by atoms with Gasteiger partial charge in [0, 0.05) is 31.1 Å². The maximum atomic E-state index is 13.7. The molecule has 4 nitrogen and oxygen atoms in total. The quantitative estimate of drug-likeness (QED) is 0.561. The summed E-state index contributed by atoms with van der Waals surface area (Å²) in [6, 6.07) is 11.5. The molecule has 0 bridgehead atoms. The summed E-state index contributed by atoms with van der Waals surface area (Å²) < 4.78 is 41.2. The van der Waals surface area contributed by atoms with Crippen LogP contribution in [-0.2, 0) is 9.84 Å². The van der Waals surface area contributed by atoms with Crippen molar-refractivity contribution in [2.45, 2.75) is 69.3 Å². The van der Waals surface area contributed by atoms with Gasteiger partial charge in [0.15, 0.2) is 9.84 Å². The lowest BCUT2D eigenvalue weighted by molar-refractivity contribution is 0.0127. The molecule has 2 atom stereocenters. The Labute approximate surface area is 192 Å². The van der Waals surface area contributed by atoms with Crippen molar-refractivity contribution < 1.29 is 17.9 Å². The summed E-state index contributed by atoms with van der Waals surface area (Å²) in [6.07, 6.45) is 3.97. The summed E-state index contributed by atoms with van der Waals surface area (Å²) in [5, 5.41) is 12.0. The molecule has 0 radical (unpaired) electrons. The van der Waals surface area contributed by atoms with Crippen LogP contribution in [0, 0.1) is 11.2 Å². The van der Waals surface area contributed by atoms with E-state index in [1.807, 2.05) is 31.1 Å². The Hall–Kier alpha value is -1.92. The van der Waals surface area contributed by atoms with Gasteiger partial charge in [-0.15, -0.1) is 0 Å². The van der Waals surface area contributed by atoms with Crippen molar-refractivity contribution in [2.24, 2.45) is 5.41 Å². The fourth-order valence-corrected chi connectivity index (χ4v) is 7.25. The first-order valence-electron chi connectivity index (χ1n) is 11.6. The minimum Gasteiger partial charge on any atom is -0.392 e. The number of rotatable bonds is 8. The summed E-state index contributed by atoms with van der Waals surface area (Å²) in [5.74, 6) is -0.959. The monoisotopic (exact) mass is 461 g/mol. The first-order valence-corrected chi connectivity index (χ1v) is 13.3. The maximum absolute atomic E-state index is 13.7.